The van der Waals surface area contributed by atoms with Crippen molar-refractivity contribution in [2.45, 2.75) is 38.8 Å². The molecule has 1 aromatic rings. The molecule has 25 heavy (non-hydrogen) atoms. The maximum atomic E-state index is 11.2. The zero-order valence-electron chi connectivity index (χ0n) is 15.3. The third-order valence-corrected chi connectivity index (χ3v) is 4.38. The van der Waals surface area contributed by atoms with Gasteiger partial charge in [-0.3, -0.25) is 14.7 Å². The number of carbonyl (C=O) groups is 1. The average molecular weight is 346 g/mol. The Labute approximate surface area is 150 Å². The van der Waals surface area contributed by atoms with Crippen LogP contribution >= 0.6 is 0 Å². The van der Waals surface area contributed by atoms with Gasteiger partial charge in [-0.05, 0) is 31.9 Å². The van der Waals surface area contributed by atoms with Gasteiger partial charge in [-0.15, -0.1) is 0 Å². The lowest BCUT2D eigenvalue weighted by Gasteiger charge is -2.23. The van der Waals surface area contributed by atoms with E-state index in [1.165, 1.54) is 25.5 Å². The van der Waals surface area contributed by atoms with Crippen LogP contribution in [0.3, 0.4) is 0 Å². The van der Waals surface area contributed by atoms with Gasteiger partial charge in [0.2, 0.25) is 0 Å². The second-order valence-electron chi connectivity index (χ2n) is 6.22. The van der Waals surface area contributed by atoms with E-state index in [0.717, 1.165) is 32.1 Å². The molecule has 1 aromatic carbocycles. The molecule has 6 nitrogen and oxygen atoms in total. The Morgan fingerprint density at radius 2 is 2.12 bits per heavy atom. The summed E-state index contributed by atoms with van der Waals surface area (Å²) in [5.74, 6) is 0.547. The molecule has 1 aliphatic heterocycles. The van der Waals surface area contributed by atoms with Gasteiger partial charge < -0.3 is 15.4 Å². The first-order chi connectivity index (χ1) is 12.2. The summed E-state index contributed by atoms with van der Waals surface area (Å²) in [6.07, 6.45) is 2.74. The van der Waals surface area contributed by atoms with E-state index < -0.39 is 0 Å². The molecule has 0 saturated carbocycles. The molecular weight excluding hydrogens is 316 g/mol. The van der Waals surface area contributed by atoms with Crippen molar-refractivity contribution >= 4 is 11.9 Å². The molecule has 2 rings (SSSR count). The third kappa shape index (κ3) is 6.74. The number of aliphatic imine (C=N–C) groups is 1. The minimum atomic E-state index is -0.215. The SMILES string of the molecule is CCNC(=NCC1CCCN1Cc1ccccc1)NCCC(=O)OC. The molecule has 1 heterocycles. The van der Waals surface area contributed by atoms with Crippen molar-refractivity contribution in [2.75, 3.05) is 33.3 Å². The Morgan fingerprint density at radius 1 is 1.32 bits per heavy atom. The van der Waals surface area contributed by atoms with Gasteiger partial charge in [-0.1, -0.05) is 30.3 Å². The number of guanidine groups is 1. The third-order valence-electron chi connectivity index (χ3n) is 4.38. The normalized spacial score (nSPS) is 18.2. The van der Waals surface area contributed by atoms with Crippen LogP contribution in [0.4, 0.5) is 0 Å². The molecule has 0 aromatic heterocycles. The number of esters is 1. The predicted molar refractivity (Wildman–Crippen MR) is 100 cm³/mol. The van der Waals surface area contributed by atoms with Crippen LogP contribution in [0.5, 0.6) is 0 Å². The smallest absolute Gasteiger partial charge is 0.307 e. The standard InChI is InChI=1S/C19H30N4O2/c1-3-20-19(21-12-11-18(24)25-2)22-14-17-10-7-13-23(17)15-16-8-5-4-6-9-16/h4-6,8-9,17H,3,7,10-15H2,1-2H3,(H2,20,21,22). The van der Waals surface area contributed by atoms with E-state index in [0.29, 0.717) is 19.0 Å². The molecule has 0 bridgehead atoms. The number of nitrogens with one attached hydrogen (secondary N) is 2. The number of likely N-dealkylation sites (tertiary alicyclic amines) is 1. The Bertz CT molecular complexity index is 548. The molecule has 2 N–H and O–H groups in total. The number of ether oxygens (including phenoxy) is 1. The van der Waals surface area contributed by atoms with Crippen molar-refractivity contribution in [3.63, 3.8) is 0 Å². The summed E-state index contributed by atoms with van der Waals surface area (Å²) in [6, 6.07) is 11.1. The van der Waals surface area contributed by atoms with Crippen LogP contribution in [0.1, 0.15) is 31.7 Å². The maximum absolute atomic E-state index is 11.2. The molecule has 1 fully saturated rings. The summed E-state index contributed by atoms with van der Waals surface area (Å²) >= 11 is 0. The van der Waals surface area contributed by atoms with Gasteiger partial charge in [0.1, 0.15) is 0 Å². The molecule has 1 atom stereocenters. The molecule has 1 saturated heterocycles. The van der Waals surface area contributed by atoms with Crippen LogP contribution in [0.25, 0.3) is 0 Å². The van der Waals surface area contributed by atoms with Gasteiger partial charge in [0, 0.05) is 25.7 Å². The lowest BCUT2D eigenvalue weighted by molar-refractivity contribution is -0.140. The zero-order valence-corrected chi connectivity index (χ0v) is 15.3. The molecular formula is C19H30N4O2. The highest BCUT2D eigenvalue weighted by molar-refractivity contribution is 5.80. The van der Waals surface area contributed by atoms with Crippen LogP contribution < -0.4 is 10.6 Å². The largest absolute Gasteiger partial charge is 0.469 e. The summed E-state index contributed by atoms with van der Waals surface area (Å²) in [5, 5.41) is 6.43. The molecule has 138 valence electrons. The van der Waals surface area contributed by atoms with Crippen LogP contribution in [-0.4, -0.2) is 56.2 Å². The molecule has 0 radical (unpaired) electrons. The molecule has 1 aliphatic rings. The number of hydrogen-bond acceptors (Lipinski definition) is 4. The second-order valence-corrected chi connectivity index (χ2v) is 6.22. The fourth-order valence-electron chi connectivity index (χ4n) is 3.05. The Hall–Kier alpha value is -2.08. The van der Waals surface area contributed by atoms with E-state index in [4.69, 9.17) is 4.99 Å². The molecule has 1 unspecified atom stereocenters. The number of nitrogens with zero attached hydrogens (tertiary/aromatic N) is 2. The van der Waals surface area contributed by atoms with E-state index in [-0.39, 0.29) is 5.97 Å². The van der Waals surface area contributed by atoms with Gasteiger partial charge >= 0.3 is 5.97 Å². The van der Waals surface area contributed by atoms with Gasteiger partial charge in [0.25, 0.3) is 0 Å². The maximum Gasteiger partial charge on any atom is 0.307 e. The number of rotatable bonds is 8. The number of carbonyl (C=O) groups excluding carboxylic acids is 1. The quantitative estimate of drug-likeness (QED) is 0.427. The molecule has 0 aliphatic carbocycles. The van der Waals surface area contributed by atoms with Crippen LogP contribution in [-0.2, 0) is 16.1 Å². The fraction of sp³-hybridized carbons (Fsp3) is 0.579. The monoisotopic (exact) mass is 346 g/mol. The number of hydrogen-bond donors (Lipinski definition) is 2. The Balaban J connectivity index is 1.85. The number of methoxy groups -OCH3 is 1. The first-order valence-electron chi connectivity index (χ1n) is 9.10. The summed E-state index contributed by atoms with van der Waals surface area (Å²) in [7, 11) is 1.41. The van der Waals surface area contributed by atoms with Crippen molar-refractivity contribution < 1.29 is 9.53 Å². The van der Waals surface area contributed by atoms with Gasteiger partial charge in [0.05, 0.1) is 20.1 Å². The van der Waals surface area contributed by atoms with E-state index in [2.05, 4.69) is 50.6 Å². The first kappa shape index (κ1) is 19.2. The lowest BCUT2D eigenvalue weighted by atomic mass is 10.2. The second kappa shape index (κ2) is 10.7. The fourth-order valence-corrected chi connectivity index (χ4v) is 3.05. The first-order valence-corrected chi connectivity index (χ1v) is 9.10. The van der Waals surface area contributed by atoms with Crippen molar-refractivity contribution in [1.29, 1.82) is 0 Å². The predicted octanol–water partition coefficient (Wildman–Crippen LogP) is 1.77. The summed E-state index contributed by atoms with van der Waals surface area (Å²) in [6.45, 7) is 6.23. The summed E-state index contributed by atoms with van der Waals surface area (Å²) in [5.41, 5.74) is 1.35. The highest BCUT2D eigenvalue weighted by Crippen LogP contribution is 2.20. The zero-order chi connectivity index (χ0) is 17.9. The Morgan fingerprint density at radius 3 is 2.84 bits per heavy atom. The van der Waals surface area contributed by atoms with Crippen LogP contribution in [0.2, 0.25) is 0 Å². The Kier molecular flexibility index (Phi) is 8.25. The molecule has 0 amide bonds. The van der Waals surface area contributed by atoms with E-state index >= 15 is 0 Å². The lowest BCUT2D eigenvalue weighted by Crippen LogP contribution is -2.40. The van der Waals surface area contributed by atoms with Crippen molar-refractivity contribution in [1.82, 2.24) is 15.5 Å². The van der Waals surface area contributed by atoms with Crippen molar-refractivity contribution in [3.8, 4) is 0 Å². The van der Waals surface area contributed by atoms with E-state index in [1.807, 2.05) is 6.92 Å². The average Bonchev–Trinajstić information content (AvgIpc) is 3.07. The molecule has 0 spiro atoms. The van der Waals surface area contributed by atoms with Gasteiger partial charge in [-0.25, -0.2) is 0 Å². The van der Waals surface area contributed by atoms with Gasteiger partial charge in [-0.2, -0.15) is 0 Å². The van der Waals surface area contributed by atoms with Crippen LogP contribution in [0, 0.1) is 0 Å². The van der Waals surface area contributed by atoms with Crippen molar-refractivity contribution in [3.05, 3.63) is 35.9 Å². The van der Waals surface area contributed by atoms with Gasteiger partial charge in [0.15, 0.2) is 5.96 Å². The van der Waals surface area contributed by atoms with Crippen molar-refractivity contribution in [2.24, 2.45) is 4.99 Å². The number of benzene rings is 1. The van der Waals surface area contributed by atoms with E-state index in [9.17, 15) is 4.79 Å². The minimum absolute atomic E-state index is 0.215. The minimum Gasteiger partial charge on any atom is -0.469 e. The van der Waals surface area contributed by atoms with Crippen LogP contribution in [0.15, 0.2) is 35.3 Å². The topological polar surface area (TPSA) is 66.0 Å². The summed E-state index contributed by atoms with van der Waals surface area (Å²) < 4.78 is 4.66. The summed E-state index contributed by atoms with van der Waals surface area (Å²) in [4.78, 5) is 18.4. The molecule has 6 heteroatoms. The highest BCUT2D eigenvalue weighted by atomic mass is 16.5. The highest BCUT2D eigenvalue weighted by Gasteiger charge is 2.24. The van der Waals surface area contributed by atoms with E-state index in [1.54, 1.807) is 0 Å².